The predicted molar refractivity (Wildman–Crippen MR) is 95.4 cm³/mol. The van der Waals surface area contributed by atoms with Crippen LogP contribution in [0, 0.1) is 0 Å². The molecule has 0 saturated carbocycles. The van der Waals surface area contributed by atoms with Gasteiger partial charge in [0.15, 0.2) is 0 Å². The first-order valence-electron chi connectivity index (χ1n) is 7.95. The summed E-state index contributed by atoms with van der Waals surface area (Å²) in [5, 5.41) is 0.911. The van der Waals surface area contributed by atoms with Crippen LogP contribution in [-0.4, -0.2) is 0 Å². The molecular weight excluding hydrogens is 304 g/mol. The fourth-order valence-electron chi connectivity index (χ4n) is 3.50. The van der Waals surface area contributed by atoms with Crippen molar-refractivity contribution in [2.24, 2.45) is 0 Å². The van der Waals surface area contributed by atoms with E-state index in [1.165, 1.54) is 18.2 Å². The molecule has 2 aromatic rings. The average Bonchev–Trinajstić information content (AvgIpc) is 2.61. The largest absolute Gasteiger partial charge is 0.285 e. The first-order valence-corrected chi connectivity index (χ1v) is 7.95. The van der Waals surface area contributed by atoms with E-state index in [-0.39, 0.29) is 27.5 Å². The minimum absolute atomic E-state index is 0.121. The minimum atomic E-state index is -0.617. The molecule has 0 aromatic heterocycles. The summed E-state index contributed by atoms with van der Waals surface area (Å²) in [6.07, 6.45) is 0.824. The summed E-state index contributed by atoms with van der Waals surface area (Å²) in [5.41, 5.74) is -0.764. The zero-order valence-electron chi connectivity index (χ0n) is 13.3. The second-order valence-electron chi connectivity index (χ2n) is 6.34. The number of hydrogen-bond donors (Lipinski definition) is 0. The summed E-state index contributed by atoms with van der Waals surface area (Å²) in [6.45, 7) is 3.99. The van der Waals surface area contributed by atoms with E-state index in [1.807, 2.05) is 13.8 Å². The molecule has 0 amide bonds. The first kappa shape index (κ1) is 14.7. The maximum atomic E-state index is 12.6. The van der Waals surface area contributed by atoms with Gasteiger partial charge < -0.3 is 0 Å². The topological polar surface area (TPSA) is 68.3 Å². The van der Waals surface area contributed by atoms with Gasteiger partial charge in [-0.2, -0.15) is 0 Å². The van der Waals surface area contributed by atoms with E-state index < -0.39 is 21.7 Å². The molecule has 0 heterocycles. The van der Waals surface area contributed by atoms with Gasteiger partial charge in [0, 0.05) is 32.7 Å². The van der Waals surface area contributed by atoms with Crippen LogP contribution in [0.5, 0.6) is 0 Å². The van der Waals surface area contributed by atoms with Gasteiger partial charge in [-0.25, -0.2) is 0 Å². The van der Waals surface area contributed by atoms with Gasteiger partial charge in [0.2, 0.25) is 21.7 Å². The lowest BCUT2D eigenvalue weighted by molar-refractivity contribution is 0.735. The van der Waals surface area contributed by atoms with E-state index in [0.29, 0.717) is 11.1 Å². The smallest absolute Gasteiger partial charge is 0.234 e. The molecule has 2 aliphatic rings. The highest BCUT2D eigenvalue weighted by Gasteiger charge is 2.25. The van der Waals surface area contributed by atoms with Crippen LogP contribution >= 0.6 is 0 Å². The van der Waals surface area contributed by atoms with Crippen LogP contribution in [0.25, 0.3) is 32.7 Å². The quantitative estimate of drug-likeness (QED) is 0.420. The second-order valence-corrected chi connectivity index (χ2v) is 6.34. The van der Waals surface area contributed by atoms with Gasteiger partial charge in [-0.15, -0.1) is 0 Å². The van der Waals surface area contributed by atoms with Crippen molar-refractivity contribution in [2.45, 2.75) is 26.2 Å². The van der Waals surface area contributed by atoms with Gasteiger partial charge in [0.1, 0.15) is 0 Å². The summed E-state index contributed by atoms with van der Waals surface area (Å²) in [5.74, 6) is 0.121. The Morgan fingerprint density at radius 1 is 0.750 bits per heavy atom. The van der Waals surface area contributed by atoms with Crippen LogP contribution in [0.15, 0.2) is 49.5 Å². The van der Waals surface area contributed by atoms with Crippen molar-refractivity contribution < 1.29 is 0 Å². The Balaban J connectivity index is 2.43. The van der Waals surface area contributed by atoms with Crippen molar-refractivity contribution in [3.05, 3.63) is 76.8 Å². The normalized spacial score (nSPS) is 13.2. The third-order valence-electron chi connectivity index (χ3n) is 5.05. The molecule has 0 fully saturated rings. The summed E-state index contributed by atoms with van der Waals surface area (Å²) in [6, 6.07) is 8.02. The van der Waals surface area contributed by atoms with Crippen molar-refractivity contribution in [3.63, 3.8) is 0 Å². The van der Waals surface area contributed by atoms with Crippen LogP contribution in [0.3, 0.4) is 0 Å². The van der Waals surface area contributed by atoms with E-state index in [0.717, 1.165) is 12.0 Å². The Morgan fingerprint density at radius 2 is 1.17 bits per heavy atom. The Hall–Kier alpha value is -2.88. The summed E-state index contributed by atoms with van der Waals surface area (Å²) in [4.78, 5) is 50.1. The molecule has 0 spiro atoms. The molecule has 4 heteroatoms. The SMILES string of the molecule is CCC(C)c1cc2c3c(c1)c(=O)c(=O)c1cccc(c1-3)c(=O)c2=O. The Morgan fingerprint density at radius 3 is 1.62 bits per heavy atom. The fourth-order valence-corrected chi connectivity index (χ4v) is 3.50. The van der Waals surface area contributed by atoms with Gasteiger partial charge in [0.25, 0.3) is 0 Å². The van der Waals surface area contributed by atoms with E-state index in [1.54, 1.807) is 12.1 Å². The summed E-state index contributed by atoms with van der Waals surface area (Å²) < 4.78 is 0. The van der Waals surface area contributed by atoms with Crippen molar-refractivity contribution >= 4 is 21.5 Å². The number of benzene rings is 4. The van der Waals surface area contributed by atoms with Crippen molar-refractivity contribution in [3.8, 4) is 11.1 Å². The van der Waals surface area contributed by atoms with Crippen molar-refractivity contribution in [2.75, 3.05) is 0 Å². The highest BCUT2D eigenvalue weighted by atomic mass is 16.2. The lowest BCUT2D eigenvalue weighted by atomic mass is 9.84. The standard InChI is InChI=1S/C20H14O4/c1-3-9(2)10-7-13-16-14(8-10)20(24)18(22)12-6-4-5-11(15(12)16)17(21)19(13)23/h4-9H,3H2,1-2H3. The molecule has 0 aliphatic heterocycles. The Kier molecular flexibility index (Phi) is 2.94. The lowest BCUT2D eigenvalue weighted by Crippen LogP contribution is -2.31. The minimum Gasteiger partial charge on any atom is -0.285 e. The predicted octanol–water partition coefficient (Wildman–Crippen LogP) is 2.37. The molecule has 24 heavy (non-hydrogen) atoms. The average molecular weight is 318 g/mol. The van der Waals surface area contributed by atoms with Gasteiger partial charge >= 0.3 is 0 Å². The van der Waals surface area contributed by atoms with Crippen molar-refractivity contribution in [1.82, 2.24) is 0 Å². The van der Waals surface area contributed by atoms with Crippen LogP contribution in [0.4, 0.5) is 0 Å². The maximum absolute atomic E-state index is 12.6. The van der Waals surface area contributed by atoms with E-state index in [4.69, 9.17) is 0 Å². The Bertz CT molecular complexity index is 1190. The summed E-state index contributed by atoms with van der Waals surface area (Å²) >= 11 is 0. The van der Waals surface area contributed by atoms with Crippen LogP contribution in [-0.2, 0) is 0 Å². The summed E-state index contributed by atoms with van der Waals surface area (Å²) in [7, 11) is 0. The third-order valence-corrected chi connectivity index (χ3v) is 5.05. The lowest BCUT2D eigenvalue weighted by Gasteiger charge is -2.17. The molecule has 4 nitrogen and oxygen atoms in total. The molecular formula is C20H14O4. The fraction of sp³-hybridized carbons (Fsp3) is 0.200. The highest BCUT2D eigenvalue weighted by Crippen LogP contribution is 2.36. The van der Waals surface area contributed by atoms with Gasteiger partial charge in [0.05, 0.1) is 0 Å². The van der Waals surface area contributed by atoms with Gasteiger partial charge in [-0.3, -0.25) is 19.2 Å². The van der Waals surface area contributed by atoms with Crippen LogP contribution < -0.4 is 21.7 Å². The zero-order chi connectivity index (χ0) is 17.2. The second kappa shape index (κ2) is 4.81. The van der Waals surface area contributed by atoms with E-state index in [9.17, 15) is 19.2 Å². The monoisotopic (exact) mass is 318 g/mol. The molecule has 0 N–H and O–H groups in total. The van der Waals surface area contributed by atoms with Crippen LogP contribution in [0.1, 0.15) is 31.7 Å². The molecule has 0 radical (unpaired) electrons. The molecule has 1 atom stereocenters. The molecule has 0 saturated heterocycles. The molecule has 0 bridgehead atoms. The third kappa shape index (κ3) is 1.68. The Labute approximate surface area is 136 Å². The van der Waals surface area contributed by atoms with E-state index >= 15 is 0 Å². The first-order chi connectivity index (χ1) is 11.5. The highest BCUT2D eigenvalue weighted by molar-refractivity contribution is 6.11. The number of hydrogen-bond acceptors (Lipinski definition) is 4. The molecule has 1 unspecified atom stereocenters. The maximum Gasteiger partial charge on any atom is 0.234 e. The van der Waals surface area contributed by atoms with Gasteiger partial charge in [-0.05, 0) is 30.0 Å². The molecule has 2 aliphatic carbocycles. The molecule has 118 valence electrons. The van der Waals surface area contributed by atoms with E-state index in [2.05, 4.69) is 0 Å². The zero-order valence-corrected chi connectivity index (χ0v) is 13.3. The molecule has 4 rings (SSSR count). The number of rotatable bonds is 2. The van der Waals surface area contributed by atoms with Gasteiger partial charge in [-0.1, -0.05) is 32.0 Å². The molecule has 2 aromatic carbocycles. The van der Waals surface area contributed by atoms with Crippen molar-refractivity contribution in [1.29, 1.82) is 0 Å². The van der Waals surface area contributed by atoms with Crippen LogP contribution in [0.2, 0.25) is 0 Å².